The molecule has 8 heteroatoms. The molecule has 0 aliphatic rings. The van der Waals surface area contributed by atoms with Crippen LogP contribution in [0.5, 0.6) is 0 Å². The highest BCUT2D eigenvalue weighted by Crippen LogP contribution is 2.24. The number of anilines is 2. The number of carbonyl (C=O) groups is 1. The van der Waals surface area contributed by atoms with E-state index in [4.69, 9.17) is 14.6 Å². The molecule has 0 aliphatic heterocycles. The van der Waals surface area contributed by atoms with Crippen LogP contribution in [0.25, 0.3) is 0 Å². The first-order valence-corrected chi connectivity index (χ1v) is 6.77. The standard InChI is InChI=1S/C14H18BN3O4/c1-14(2,3)11-8-12(18-22-11)17-13(19)16-10-6-4-9(5-7-10)15(20)21/h4-8,20-21H,1-3H3,(H2,16,17,18,19). The van der Waals surface area contributed by atoms with Crippen molar-refractivity contribution < 1.29 is 19.4 Å². The first-order valence-electron chi connectivity index (χ1n) is 6.77. The fourth-order valence-corrected chi connectivity index (χ4v) is 1.70. The monoisotopic (exact) mass is 303 g/mol. The third-order valence-electron chi connectivity index (χ3n) is 2.96. The number of carbonyl (C=O) groups excluding carboxylic acids is 1. The number of urea groups is 1. The SMILES string of the molecule is CC(C)(C)c1cc(NC(=O)Nc2ccc(B(O)O)cc2)no1. The molecule has 1 aromatic heterocycles. The van der Waals surface area contributed by atoms with E-state index in [0.29, 0.717) is 22.7 Å². The van der Waals surface area contributed by atoms with Crippen LogP contribution in [0.4, 0.5) is 16.3 Å². The van der Waals surface area contributed by atoms with Crippen molar-refractivity contribution in [2.24, 2.45) is 0 Å². The van der Waals surface area contributed by atoms with Gasteiger partial charge in [0.15, 0.2) is 5.82 Å². The first kappa shape index (κ1) is 16.1. The number of hydrogen-bond donors (Lipinski definition) is 4. The number of benzene rings is 1. The Labute approximate surface area is 128 Å². The van der Waals surface area contributed by atoms with Gasteiger partial charge in [-0.25, -0.2) is 4.79 Å². The normalized spacial score (nSPS) is 11.1. The molecular formula is C14H18BN3O4. The van der Waals surface area contributed by atoms with E-state index in [1.54, 1.807) is 18.2 Å². The highest BCUT2D eigenvalue weighted by atomic mass is 16.5. The molecule has 1 heterocycles. The van der Waals surface area contributed by atoms with E-state index in [1.165, 1.54) is 12.1 Å². The topological polar surface area (TPSA) is 108 Å². The number of rotatable bonds is 3. The van der Waals surface area contributed by atoms with Crippen molar-refractivity contribution >= 4 is 30.1 Å². The summed E-state index contributed by atoms with van der Waals surface area (Å²) in [5.41, 5.74) is 0.670. The lowest BCUT2D eigenvalue weighted by Gasteiger charge is -2.12. The molecule has 0 aliphatic carbocycles. The summed E-state index contributed by atoms with van der Waals surface area (Å²) in [7, 11) is -1.53. The van der Waals surface area contributed by atoms with Crippen molar-refractivity contribution in [3.05, 3.63) is 36.1 Å². The second-order valence-electron chi connectivity index (χ2n) is 5.90. The number of nitrogens with one attached hydrogen (secondary N) is 2. The van der Waals surface area contributed by atoms with Crippen LogP contribution in [-0.2, 0) is 5.41 Å². The Morgan fingerprint density at radius 2 is 1.82 bits per heavy atom. The maximum atomic E-state index is 11.9. The third-order valence-corrected chi connectivity index (χ3v) is 2.96. The van der Waals surface area contributed by atoms with Crippen LogP contribution in [-0.4, -0.2) is 28.4 Å². The smallest absolute Gasteiger partial charge is 0.423 e. The van der Waals surface area contributed by atoms with Crippen LogP contribution in [0.15, 0.2) is 34.9 Å². The summed E-state index contributed by atoms with van der Waals surface area (Å²) < 4.78 is 5.17. The molecule has 1 aromatic carbocycles. The van der Waals surface area contributed by atoms with Crippen molar-refractivity contribution in [2.45, 2.75) is 26.2 Å². The number of aromatic nitrogens is 1. The van der Waals surface area contributed by atoms with E-state index in [1.807, 2.05) is 20.8 Å². The highest BCUT2D eigenvalue weighted by molar-refractivity contribution is 6.58. The highest BCUT2D eigenvalue weighted by Gasteiger charge is 2.20. The van der Waals surface area contributed by atoms with Gasteiger partial charge in [0.2, 0.25) is 0 Å². The predicted octanol–water partition coefficient (Wildman–Crippen LogP) is 1.30. The molecule has 0 saturated heterocycles. The second-order valence-corrected chi connectivity index (χ2v) is 5.90. The van der Waals surface area contributed by atoms with Crippen LogP contribution in [0, 0.1) is 0 Å². The molecule has 7 nitrogen and oxygen atoms in total. The largest absolute Gasteiger partial charge is 0.488 e. The first-order chi connectivity index (χ1) is 10.3. The Kier molecular flexibility index (Phi) is 4.53. The Balaban J connectivity index is 1.96. The lowest BCUT2D eigenvalue weighted by Crippen LogP contribution is -2.29. The van der Waals surface area contributed by atoms with Gasteiger partial charge in [-0.05, 0) is 17.6 Å². The Morgan fingerprint density at radius 1 is 1.18 bits per heavy atom. The fraction of sp³-hybridized carbons (Fsp3) is 0.286. The minimum Gasteiger partial charge on any atom is -0.423 e. The van der Waals surface area contributed by atoms with Gasteiger partial charge in [0.25, 0.3) is 0 Å². The lowest BCUT2D eigenvalue weighted by molar-refractivity contribution is 0.262. The van der Waals surface area contributed by atoms with Gasteiger partial charge >= 0.3 is 13.1 Å². The van der Waals surface area contributed by atoms with Gasteiger partial charge in [-0.3, -0.25) is 5.32 Å². The lowest BCUT2D eigenvalue weighted by atomic mass is 9.80. The average Bonchev–Trinajstić information content (AvgIpc) is 2.87. The summed E-state index contributed by atoms with van der Waals surface area (Å²) in [6.07, 6.45) is 0. The van der Waals surface area contributed by atoms with E-state index >= 15 is 0 Å². The van der Waals surface area contributed by atoms with Crippen LogP contribution in [0.3, 0.4) is 0 Å². The van der Waals surface area contributed by atoms with Crippen molar-refractivity contribution in [3.63, 3.8) is 0 Å². The zero-order chi connectivity index (χ0) is 16.3. The summed E-state index contributed by atoms with van der Waals surface area (Å²) in [4.78, 5) is 11.9. The molecule has 116 valence electrons. The minimum absolute atomic E-state index is 0.190. The van der Waals surface area contributed by atoms with Crippen LogP contribution in [0.2, 0.25) is 0 Å². The number of amides is 2. The Bertz CT molecular complexity index is 647. The van der Waals surface area contributed by atoms with E-state index in [0.717, 1.165) is 0 Å². The van der Waals surface area contributed by atoms with E-state index in [9.17, 15) is 4.79 Å². The maximum Gasteiger partial charge on any atom is 0.488 e. The van der Waals surface area contributed by atoms with Gasteiger partial charge in [-0.2, -0.15) is 0 Å². The average molecular weight is 303 g/mol. The van der Waals surface area contributed by atoms with E-state index < -0.39 is 13.1 Å². The van der Waals surface area contributed by atoms with E-state index in [2.05, 4.69) is 15.8 Å². The van der Waals surface area contributed by atoms with Gasteiger partial charge in [0.05, 0.1) is 0 Å². The summed E-state index contributed by atoms with van der Waals surface area (Å²) in [6, 6.07) is 7.36. The molecule has 2 amide bonds. The van der Waals surface area contributed by atoms with Crippen molar-refractivity contribution in [1.29, 1.82) is 0 Å². The van der Waals surface area contributed by atoms with Crippen LogP contribution < -0.4 is 16.1 Å². The Hall–Kier alpha value is -2.32. The van der Waals surface area contributed by atoms with Gasteiger partial charge in [0, 0.05) is 17.2 Å². The Morgan fingerprint density at radius 3 is 2.32 bits per heavy atom. The second kappa shape index (κ2) is 6.21. The molecule has 0 radical (unpaired) electrons. The number of nitrogens with zero attached hydrogens (tertiary/aromatic N) is 1. The van der Waals surface area contributed by atoms with Crippen molar-refractivity contribution in [1.82, 2.24) is 5.16 Å². The van der Waals surface area contributed by atoms with Gasteiger partial charge < -0.3 is 19.9 Å². The van der Waals surface area contributed by atoms with Crippen LogP contribution >= 0.6 is 0 Å². The molecular weight excluding hydrogens is 285 g/mol. The summed E-state index contributed by atoms with van der Waals surface area (Å²) in [5, 5.41) is 27.0. The van der Waals surface area contributed by atoms with Gasteiger partial charge in [-0.15, -0.1) is 0 Å². The molecule has 0 unspecified atom stereocenters. The molecule has 2 rings (SSSR count). The van der Waals surface area contributed by atoms with Gasteiger partial charge in [-0.1, -0.05) is 38.1 Å². The quantitative estimate of drug-likeness (QED) is 0.639. The number of hydrogen-bond acceptors (Lipinski definition) is 5. The third kappa shape index (κ3) is 4.09. The zero-order valence-electron chi connectivity index (χ0n) is 12.6. The molecule has 0 saturated carbocycles. The molecule has 0 atom stereocenters. The van der Waals surface area contributed by atoms with Gasteiger partial charge in [0.1, 0.15) is 5.76 Å². The zero-order valence-corrected chi connectivity index (χ0v) is 12.6. The molecule has 22 heavy (non-hydrogen) atoms. The molecule has 0 fully saturated rings. The minimum atomic E-state index is -1.53. The summed E-state index contributed by atoms with van der Waals surface area (Å²) in [5.74, 6) is 0.994. The molecule has 0 bridgehead atoms. The predicted molar refractivity (Wildman–Crippen MR) is 84.1 cm³/mol. The van der Waals surface area contributed by atoms with E-state index in [-0.39, 0.29) is 5.41 Å². The molecule has 4 N–H and O–H groups in total. The van der Waals surface area contributed by atoms with Crippen molar-refractivity contribution in [3.8, 4) is 0 Å². The summed E-state index contributed by atoms with van der Waals surface area (Å²) >= 11 is 0. The molecule has 0 spiro atoms. The van der Waals surface area contributed by atoms with Crippen molar-refractivity contribution in [2.75, 3.05) is 10.6 Å². The maximum absolute atomic E-state index is 11.9. The summed E-state index contributed by atoms with van der Waals surface area (Å²) in [6.45, 7) is 5.94. The molecule has 2 aromatic rings. The van der Waals surface area contributed by atoms with Crippen LogP contribution in [0.1, 0.15) is 26.5 Å². The fourth-order valence-electron chi connectivity index (χ4n) is 1.70.